The number of halogens is 6. The van der Waals surface area contributed by atoms with Crippen LogP contribution in [-0.4, -0.2) is 25.2 Å². The lowest BCUT2D eigenvalue weighted by Gasteiger charge is -2.40. The molecule has 2 nitrogen and oxygen atoms in total. The van der Waals surface area contributed by atoms with E-state index in [4.69, 9.17) is 9.47 Å². The summed E-state index contributed by atoms with van der Waals surface area (Å²) in [6.45, 7) is 3.63. The van der Waals surface area contributed by atoms with Gasteiger partial charge in [-0.1, -0.05) is 38.1 Å². The molecule has 8 heteroatoms. The molecule has 1 saturated heterocycles. The van der Waals surface area contributed by atoms with Gasteiger partial charge < -0.3 is 9.47 Å². The zero-order valence-electron chi connectivity index (χ0n) is 14.6. The second-order valence-corrected chi connectivity index (χ2v) is 6.53. The molecule has 0 aliphatic carbocycles. The Morgan fingerprint density at radius 1 is 1.12 bits per heavy atom. The molecule has 2 rings (SSSR count). The summed E-state index contributed by atoms with van der Waals surface area (Å²) in [4.78, 5) is 0. The van der Waals surface area contributed by atoms with E-state index in [0.717, 1.165) is 12.1 Å². The largest absolute Gasteiger partial charge is 0.430 e. The first-order chi connectivity index (χ1) is 12.0. The monoisotopic (exact) mass is 384 g/mol. The van der Waals surface area contributed by atoms with E-state index >= 15 is 0 Å². The topological polar surface area (TPSA) is 18.5 Å². The smallest absolute Gasteiger partial charge is 0.353 e. The molecule has 1 aliphatic rings. The van der Waals surface area contributed by atoms with Crippen LogP contribution in [0.2, 0.25) is 0 Å². The van der Waals surface area contributed by atoms with Crippen LogP contribution in [0.4, 0.5) is 26.3 Å². The second kappa shape index (κ2) is 7.76. The summed E-state index contributed by atoms with van der Waals surface area (Å²) in [7, 11) is 0. The van der Waals surface area contributed by atoms with E-state index in [0.29, 0.717) is 24.8 Å². The average Bonchev–Trinajstić information content (AvgIpc) is 2.57. The van der Waals surface area contributed by atoms with E-state index in [-0.39, 0.29) is 18.9 Å². The number of hydrogen-bond acceptors (Lipinski definition) is 2. The highest BCUT2D eigenvalue weighted by molar-refractivity contribution is 5.33. The molecule has 0 amide bonds. The molecule has 1 heterocycles. The third kappa shape index (κ3) is 4.01. The summed E-state index contributed by atoms with van der Waals surface area (Å²) in [5.41, 5.74) is -4.99. The van der Waals surface area contributed by atoms with Crippen LogP contribution in [0, 0.1) is 0 Å². The minimum Gasteiger partial charge on any atom is -0.353 e. The van der Waals surface area contributed by atoms with E-state index in [1.54, 1.807) is 6.92 Å². The van der Waals surface area contributed by atoms with Gasteiger partial charge in [0.2, 0.25) is 0 Å². The van der Waals surface area contributed by atoms with Gasteiger partial charge in [-0.3, -0.25) is 0 Å². The summed E-state index contributed by atoms with van der Waals surface area (Å²) < 4.78 is 92.7. The van der Waals surface area contributed by atoms with Crippen LogP contribution >= 0.6 is 0 Å². The highest BCUT2D eigenvalue weighted by Crippen LogP contribution is 2.54. The molecule has 1 aromatic rings. The quantitative estimate of drug-likeness (QED) is 0.574. The van der Waals surface area contributed by atoms with Crippen LogP contribution < -0.4 is 0 Å². The van der Waals surface area contributed by atoms with Crippen LogP contribution in [0.3, 0.4) is 0 Å². The molecule has 2 unspecified atom stereocenters. The molecular weight excluding hydrogens is 362 g/mol. The fraction of sp³-hybridized carbons (Fsp3) is 0.667. The van der Waals surface area contributed by atoms with Gasteiger partial charge in [-0.25, -0.2) is 0 Å². The summed E-state index contributed by atoms with van der Waals surface area (Å²) in [5, 5.41) is 0. The molecule has 148 valence electrons. The van der Waals surface area contributed by atoms with Crippen molar-refractivity contribution in [2.75, 3.05) is 6.61 Å². The molecule has 26 heavy (non-hydrogen) atoms. The zero-order chi connectivity index (χ0) is 19.6. The van der Waals surface area contributed by atoms with Crippen molar-refractivity contribution < 1.29 is 35.8 Å². The van der Waals surface area contributed by atoms with Crippen molar-refractivity contribution in [2.24, 2.45) is 0 Å². The molecule has 0 saturated carbocycles. The highest BCUT2D eigenvalue weighted by Gasteiger charge is 2.74. The number of hydrogen-bond donors (Lipinski definition) is 0. The van der Waals surface area contributed by atoms with Crippen molar-refractivity contribution in [2.45, 2.75) is 69.7 Å². The van der Waals surface area contributed by atoms with Gasteiger partial charge in [0.15, 0.2) is 6.29 Å². The first kappa shape index (κ1) is 21.0. The Morgan fingerprint density at radius 2 is 1.77 bits per heavy atom. The number of rotatable bonds is 5. The molecule has 2 atom stereocenters. The van der Waals surface area contributed by atoms with Gasteiger partial charge in [-0.15, -0.1) is 0 Å². The van der Waals surface area contributed by atoms with E-state index in [9.17, 15) is 26.3 Å². The molecule has 0 radical (unpaired) electrons. The van der Waals surface area contributed by atoms with E-state index < -0.39 is 29.8 Å². The number of alkyl halides is 6. The van der Waals surface area contributed by atoms with Crippen molar-refractivity contribution in [3.8, 4) is 0 Å². The molecule has 0 N–H and O–H groups in total. The van der Waals surface area contributed by atoms with Crippen molar-refractivity contribution in [1.82, 2.24) is 0 Å². The Morgan fingerprint density at radius 3 is 2.27 bits per heavy atom. The fourth-order valence-corrected chi connectivity index (χ4v) is 2.99. The minimum atomic E-state index is -5.69. The molecule has 0 spiro atoms. The van der Waals surface area contributed by atoms with E-state index in [1.807, 2.05) is 6.92 Å². The maximum absolute atomic E-state index is 13.8. The van der Waals surface area contributed by atoms with Crippen molar-refractivity contribution >= 4 is 0 Å². The number of ether oxygens (including phenoxy) is 2. The second-order valence-electron chi connectivity index (χ2n) is 6.53. The first-order valence-corrected chi connectivity index (χ1v) is 8.56. The van der Waals surface area contributed by atoms with Crippen molar-refractivity contribution in [1.29, 1.82) is 0 Å². The van der Waals surface area contributed by atoms with E-state index in [1.165, 1.54) is 12.1 Å². The maximum Gasteiger partial charge on any atom is 0.430 e. The average molecular weight is 384 g/mol. The Kier molecular flexibility index (Phi) is 6.28. The van der Waals surface area contributed by atoms with Gasteiger partial charge in [-0.2, -0.15) is 26.3 Å². The van der Waals surface area contributed by atoms with Crippen LogP contribution in [0.1, 0.15) is 56.6 Å². The van der Waals surface area contributed by atoms with Crippen LogP contribution in [-0.2, 0) is 15.1 Å². The fourth-order valence-electron chi connectivity index (χ4n) is 2.99. The van der Waals surface area contributed by atoms with E-state index in [2.05, 4.69) is 0 Å². The lowest BCUT2D eigenvalue weighted by Crippen LogP contribution is -2.58. The summed E-state index contributed by atoms with van der Waals surface area (Å²) in [6.07, 6.45) is -11.3. The predicted molar refractivity (Wildman–Crippen MR) is 83.6 cm³/mol. The van der Waals surface area contributed by atoms with Gasteiger partial charge in [0.1, 0.15) is 0 Å². The Hall–Kier alpha value is -1.28. The van der Waals surface area contributed by atoms with Gasteiger partial charge in [0, 0.05) is 12.2 Å². The lowest BCUT2D eigenvalue weighted by atomic mass is 9.87. The standard InChI is InChI=1S/C18H22F6O2/c1-3-12(2)13-7-6-8-14(11-13)16(17(19,20)21,18(22,23)24)26-15-9-4-5-10-25-15/h6-8,11-12,15H,3-5,9-10H2,1-2H3. The molecule has 1 aliphatic heterocycles. The molecule has 1 fully saturated rings. The van der Waals surface area contributed by atoms with Gasteiger partial charge >= 0.3 is 12.4 Å². The first-order valence-electron chi connectivity index (χ1n) is 8.56. The molecule has 1 aromatic carbocycles. The third-order valence-corrected chi connectivity index (χ3v) is 4.72. The van der Waals surface area contributed by atoms with Crippen LogP contribution in [0.25, 0.3) is 0 Å². The van der Waals surface area contributed by atoms with Crippen LogP contribution in [0.5, 0.6) is 0 Å². The van der Waals surface area contributed by atoms with Gasteiger partial charge in [0.25, 0.3) is 5.60 Å². The minimum absolute atomic E-state index is 0.0149. The lowest BCUT2D eigenvalue weighted by molar-refractivity contribution is -0.419. The van der Waals surface area contributed by atoms with Gasteiger partial charge in [0.05, 0.1) is 0 Å². The maximum atomic E-state index is 13.8. The molecular formula is C18H22F6O2. The zero-order valence-corrected chi connectivity index (χ0v) is 14.6. The van der Waals surface area contributed by atoms with Crippen molar-refractivity contribution in [3.05, 3.63) is 35.4 Å². The highest BCUT2D eigenvalue weighted by atomic mass is 19.4. The van der Waals surface area contributed by atoms with Crippen molar-refractivity contribution in [3.63, 3.8) is 0 Å². The van der Waals surface area contributed by atoms with Crippen LogP contribution in [0.15, 0.2) is 24.3 Å². The molecule has 0 bridgehead atoms. The summed E-state index contributed by atoms with van der Waals surface area (Å²) in [6, 6.07) is 4.48. The predicted octanol–water partition coefficient (Wildman–Crippen LogP) is 6.06. The third-order valence-electron chi connectivity index (χ3n) is 4.72. The Bertz CT molecular complexity index is 576. The normalized spacial score (nSPS) is 20.8. The molecule has 0 aromatic heterocycles. The Balaban J connectivity index is 2.58. The summed E-state index contributed by atoms with van der Waals surface area (Å²) in [5.74, 6) is -0.181. The number of benzene rings is 1. The van der Waals surface area contributed by atoms with Gasteiger partial charge in [-0.05, 0) is 37.2 Å². The SMILES string of the molecule is CCC(C)c1cccc(C(OC2CCCCO2)(C(F)(F)F)C(F)(F)F)c1. The summed E-state index contributed by atoms with van der Waals surface area (Å²) >= 11 is 0. The Labute approximate surface area is 148 Å².